The van der Waals surface area contributed by atoms with Crippen LogP contribution in [0.25, 0.3) is 0 Å². The maximum atomic E-state index is 12.4. The molecule has 1 N–H and O–H groups in total. The molecule has 0 unspecified atom stereocenters. The number of nitrogens with one attached hydrogen (secondary N) is 1. The molecule has 1 aliphatic rings. The molecule has 3 rings (SSSR count). The zero-order valence-corrected chi connectivity index (χ0v) is 14.4. The lowest BCUT2D eigenvalue weighted by atomic mass is 9.90. The van der Waals surface area contributed by atoms with Gasteiger partial charge in [0.2, 0.25) is 5.13 Å². The summed E-state index contributed by atoms with van der Waals surface area (Å²) in [4.78, 5) is 14.4. The van der Waals surface area contributed by atoms with Gasteiger partial charge in [0.15, 0.2) is 0 Å². The summed E-state index contributed by atoms with van der Waals surface area (Å²) in [6, 6.07) is 7.55. The van der Waals surface area contributed by atoms with Gasteiger partial charge in [-0.25, -0.2) is 0 Å². The molecule has 0 bridgehead atoms. The van der Waals surface area contributed by atoms with Crippen LogP contribution in [-0.2, 0) is 0 Å². The molecule has 6 heteroatoms. The quantitative estimate of drug-likeness (QED) is 0.923. The summed E-state index contributed by atoms with van der Waals surface area (Å²) >= 11 is 1.51. The summed E-state index contributed by atoms with van der Waals surface area (Å²) in [5.74, 6) is 0.379. The van der Waals surface area contributed by atoms with Gasteiger partial charge in [0.1, 0.15) is 5.01 Å². The standard InChI is InChI=1S/C17H22N4OS/c1-21(2)14-10-6-9-13(11-14)15(22)18-17-20-19-16(23-17)12-7-4-3-5-8-12/h6,9-12H,3-5,7-8H2,1-2H3,(H,18,20,22). The van der Waals surface area contributed by atoms with Gasteiger partial charge in [-0.2, -0.15) is 0 Å². The maximum Gasteiger partial charge on any atom is 0.257 e. The topological polar surface area (TPSA) is 58.1 Å². The number of nitrogens with zero attached hydrogens (tertiary/aromatic N) is 3. The van der Waals surface area contributed by atoms with Crippen molar-refractivity contribution >= 4 is 28.1 Å². The second-order valence-corrected chi connectivity index (χ2v) is 7.19. The minimum Gasteiger partial charge on any atom is -0.378 e. The van der Waals surface area contributed by atoms with Crippen molar-refractivity contribution in [3.05, 3.63) is 34.8 Å². The predicted octanol–water partition coefficient (Wildman–Crippen LogP) is 3.90. The second kappa shape index (κ2) is 7.08. The third kappa shape index (κ3) is 3.88. The zero-order chi connectivity index (χ0) is 16.2. The second-order valence-electron chi connectivity index (χ2n) is 6.18. The average molecular weight is 330 g/mol. The molecule has 0 atom stereocenters. The molecule has 1 amide bonds. The fourth-order valence-corrected chi connectivity index (χ4v) is 3.80. The van der Waals surface area contributed by atoms with Gasteiger partial charge in [0, 0.05) is 31.3 Å². The Morgan fingerprint density at radius 2 is 2.00 bits per heavy atom. The molecule has 122 valence electrons. The van der Waals surface area contributed by atoms with Gasteiger partial charge >= 0.3 is 0 Å². The fourth-order valence-electron chi connectivity index (χ4n) is 2.89. The van der Waals surface area contributed by atoms with E-state index in [2.05, 4.69) is 15.5 Å². The van der Waals surface area contributed by atoms with Crippen molar-refractivity contribution in [3.63, 3.8) is 0 Å². The first kappa shape index (κ1) is 15.9. The van der Waals surface area contributed by atoms with E-state index in [0.29, 0.717) is 16.6 Å². The number of carbonyl (C=O) groups is 1. The molecule has 0 saturated heterocycles. The van der Waals surface area contributed by atoms with Crippen molar-refractivity contribution in [1.82, 2.24) is 10.2 Å². The number of rotatable bonds is 4. The van der Waals surface area contributed by atoms with Gasteiger partial charge in [-0.3, -0.25) is 10.1 Å². The monoisotopic (exact) mass is 330 g/mol. The van der Waals surface area contributed by atoms with E-state index in [0.717, 1.165) is 10.7 Å². The van der Waals surface area contributed by atoms with E-state index in [-0.39, 0.29) is 5.91 Å². The predicted molar refractivity (Wildman–Crippen MR) is 94.5 cm³/mol. The van der Waals surface area contributed by atoms with Crippen molar-refractivity contribution in [2.75, 3.05) is 24.3 Å². The number of hydrogen-bond acceptors (Lipinski definition) is 5. The third-order valence-corrected chi connectivity index (χ3v) is 5.24. The molecule has 2 aromatic rings. The van der Waals surface area contributed by atoms with E-state index in [1.807, 2.05) is 43.3 Å². The SMILES string of the molecule is CN(C)c1cccc(C(=O)Nc2nnc(C3CCCCC3)s2)c1. The highest BCUT2D eigenvalue weighted by Crippen LogP contribution is 2.35. The van der Waals surface area contributed by atoms with E-state index < -0.39 is 0 Å². The lowest BCUT2D eigenvalue weighted by molar-refractivity contribution is 0.102. The number of amides is 1. The summed E-state index contributed by atoms with van der Waals surface area (Å²) in [7, 11) is 3.91. The Labute approximate surface area is 140 Å². The lowest BCUT2D eigenvalue weighted by Gasteiger charge is -2.18. The molecular formula is C17H22N4OS. The Morgan fingerprint density at radius 3 is 2.74 bits per heavy atom. The van der Waals surface area contributed by atoms with E-state index in [1.165, 1.54) is 43.4 Å². The highest BCUT2D eigenvalue weighted by Gasteiger charge is 2.20. The maximum absolute atomic E-state index is 12.4. The smallest absolute Gasteiger partial charge is 0.257 e. The van der Waals surface area contributed by atoms with Gasteiger partial charge in [-0.1, -0.05) is 36.7 Å². The highest BCUT2D eigenvalue weighted by molar-refractivity contribution is 7.15. The molecule has 23 heavy (non-hydrogen) atoms. The Kier molecular flexibility index (Phi) is 4.91. The van der Waals surface area contributed by atoms with Crippen LogP contribution < -0.4 is 10.2 Å². The average Bonchev–Trinajstić information content (AvgIpc) is 3.04. The Bertz CT molecular complexity index is 677. The summed E-state index contributed by atoms with van der Waals surface area (Å²) in [6.45, 7) is 0. The van der Waals surface area contributed by atoms with Crippen LogP contribution in [0.5, 0.6) is 0 Å². The van der Waals surface area contributed by atoms with E-state index in [1.54, 1.807) is 0 Å². The summed E-state index contributed by atoms with van der Waals surface area (Å²) in [5, 5.41) is 12.9. The van der Waals surface area contributed by atoms with Gasteiger partial charge in [-0.15, -0.1) is 10.2 Å². The first-order chi connectivity index (χ1) is 11.1. The summed E-state index contributed by atoms with van der Waals surface area (Å²) in [6.07, 6.45) is 6.23. The van der Waals surface area contributed by atoms with Crippen LogP contribution in [0.15, 0.2) is 24.3 Å². The Hall–Kier alpha value is -1.95. The molecule has 1 aromatic heterocycles. The molecule has 1 aromatic carbocycles. The van der Waals surface area contributed by atoms with Crippen LogP contribution in [0, 0.1) is 0 Å². The third-order valence-electron chi connectivity index (χ3n) is 4.24. The van der Waals surface area contributed by atoms with Gasteiger partial charge in [-0.05, 0) is 31.0 Å². The largest absolute Gasteiger partial charge is 0.378 e. The van der Waals surface area contributed by atoms with Crippen LogP contribution in [0.3, 0.4) is 0 Å². The number of anilines is 2. The van der Waals surface area contributed by atoms with E-state index in [9.17, 15) is 4.79 Å². The summed E-state index contributed by atoms with van der Waals surface area (Å²) in [5.41, 5.74) is 1.63. The normalized spacial score (nSPS) is 15.4. The van der Waals surface area contributed by atoms with Crippen molar-refractivity contribution < 1.29 is 4.79 Å². The van der Waals surface area contributed by atoms with Crippen LogP contribution in [0.2, 0.25) is 0 Å². The minimum absolute atomic E-state index is 0.139. The summed E-state index contributed by atoms with van der Waals surface area (Å²) < 4.78 is 0. The number of hydrogen-bond donors (Lipinski definition) is 1. The van der Waals surface area contributed by atoms with Crippen LogP contribution in [-0.4, -0.2) is 30.2 Å². The van der Waals surface area contributed by atoms with Gasteiger partial charge in [0.05, 0.1) is 0 Å². The van der Waals surface area contributed by atoms with E-state index in [4.69, 9.17) is 0 Å². The zero-order valence-electron chi connectivity index (χ0n) is 13.6. The lowest BCUT2D eigenvalue weighted by Crippen LogP contribution is -2.14. The molecule has 0 aliphatic heterocycles. The number of aromatic nitrogens is 2. The molecule has 0 radical (unpaired) electrons. The van der Waals surface area contributed by atoms with Crippen molar-refractivity contribution in [2.45, 2.75) is 38.0 Å². The molecule has 1 heterocycles. The van der Waals surface area contributed by atoms with Crippen molar-refractivity contribution in [1.29, 1.82) is 0 Å². The van der Waals surface area contributed by atoms with Crippen LogP contribution >= 0.6 is 11.3 Å². The first-order valence-corrected chi connectivity index (χ1v) is 8.87. The van der Waals surface area contributed by atoms with Crippen LogP contribution in [0.1, 0.15) is 53.4 Å². The van der Waals surface area contributed by atoms with Crippen molar-refractivity contribution in [2.24, 2.45) is 0 Å². The Morgan fingerprint density at radius 1 is 1.22 bits per heavy atom. The molecule has 1 aliphatic carbocycles. The first-order valence-electron chi connectivity index (χ1n) is 8.05. The minimum atomic E-state index is -0.139. The Balaban J connectivity index is 1.68. The molecule has 1 saturated carbocycles. The highest BCUT2D eigenvalue weighted by atomic mass is 32.1. The van der Waals surface area contributed by atoms with Gasteiger partial charge in [0.25, 0.3) is 5.91 Å². The fraction of sp³-hybridized carbons (Fsp3) is 0.471. The molecule has 1 fully saturated rings. The number of benzene rings is 1. The number of carbonyl (C=O) groups excluding carboxylic acids is 1. The van der Waals surface area contributed by atoms with Crippen LogP contribution in [0.4, 0.5) is 10.8 Å². The van der Waals surface area contributed by atoms with Gasteiger partial charge < -0.3 is 4.90 Å². The molecule has 5 nitrogen and oxygen atoms in total. The molecule has 0 spiro atoms. The van der Waals surface area contributed by atoms with Crippen molar-refractivity contribution in [3.8, 4) is 0 Å². The molecular weight excluding hydrogens is 308 g/mol. The van der Waals surface area contributed by atoms with E-state index >= 15 is 0 Å².